The monoisotopic (exact) mass is 376 g/mol. The quantitative estimate of drug-likeness (QED) is 0.640. The molecule has 0 spiro atoms. The van der Waals surface area contributed by atoms with E-state index in [2.05, 4.69) is 17.2 Å². The van der Waals surface area contributed by atoms with Crippen LogP contribution in [0.4, 0.5) is 18.3 Å². The fourth-order valence-electron chi connectivity index (χ4n) is 2.48. The molecule has 0 radical (unpaired) electrons. The molecule has 0 bridgehead atoms. The maximum atomic E-state index is 12.6. The maximum Gasteiger partial charge on any atom is 0.434 e. The van der Waals surface area contributed by atoms with Crippen LogP contribution in [0.15, 0.2) is 53.9 Å². The predicted octanol–water partition coefficient (Wildman–Crippen LogP) is 5.64. The number of halogens is 3. The molecule has 7 heteroatoms. The number of nitrogens with zero attached hydrogens (tertiary/aromatic N) is 1. The average Bonchev–Trinajstić information content (AvgIpc) is 3.11. The third kappa shape index (κ3) is 3.94. The summed E-state index contributed by atoms with van der Waals surface area (Å²) in [5, 5.41) is 3.25. The number of hydrogen-bond acceptors (Lipinski definition) is 3. The molecule has 1 aromatic heterocycles. The van der Waals surface area contributed by atoms with Crippen molar-refractivity contribution in [2.45, 2.75) is 19.5 Å². The number of rotatable bonds is 4. The van der Waals surface area contributed by atoms with E-state index in [0.29, 0.717) is 11.1 Å². The molecule has 0 saturated heterocycles. The lowest BCUT2D eigenvalue weighted by Crippen LogP contribution is -2.13. The Morgan fingerprint density at radius 3 is 2.42 bits per heavy atom. The lowest BCUT2D eigenvalue weighted by molar-refractivity contribution is -0.140. The van der Waals surface area contributed by atoms with Crippen molar-refractivity contribution in [1.29, 1.82) is 0 Å². The van der Waals surface area contributed by atoms with Gasteiger partial charge in [-0.25, -0.2) is 4.98 Å². The topological polar surface area (TPSA) is 42.0 Å². The highest BCUT2D eigenvalue weighted by molar-refractivity contribution is 7.14. The van der Waals surface area contributed by atoms with Gasteiger partial charge < -0.3 is 0 Å². The van der Waals surface area contributed by atoms with Crippen molar-refractivity contribution in [1.82, 2.24) is 4.98 Å². The number of carbonyl (C=O) groups is 1. The van der Waals surface area contributed by atoms with Gasteiger partial charge >= 0.3 is 6.18 Å². The Morgan fingerprint density at radius 2 is 1.81 bits per heavy atom. The van der Waals surface area contributed by atoms with Gasteiger partial charge in [0.05, 0.1) is 0 Å². The van der Waals surface area contributed by atoms with Crippen LogP contribution in [0.3, 0.4) is 0 Å². The molecule has 0 aliphatic rings. The highest BCUT2D eigenvalue weighted by atomic mass is 32.1. The molecule has 26 heavy (non-hydrogen) atoms. The number of amides is 1. The second kappa shape index (κ2) is 7.29. The van der Waals surface area contributed by atoms with Gasteiger partial charge in [-0.2, -0.15) is 13.2 Å². The van der Waals surface area contributed by atoms with Crippen molar-refractivity contribution >= 4 is 22.4 Å². The van der Waals surface area contributed by atoms with Crippen molar-refractivity contribution in [3.63, 3.8) is 0 Å². The molecule has 1 heterocycles. The average molecular weight is 376 g/mol. The van der Waals surface area contributed by atoms with Crippen LogP contribution in [0, 0.1) is 0 Å². The summed E-state index contributed by atoms with van der Waals surface area (Å²) in [5.41, 5.74) is 2.11. The van der Waals surface area contributed by atoms with Gasteiger partial charge in [-0.05, 0) is 29.2 Å². The number of thiazole rings is 1. The molecule has 0 unspecified atom stereocenters. The van der Waals surface area contributed by atoms with Crippen molar-refractivity contribution in [3.8, 4) is 11.1 Å². The van der Waals surface area contributed by atoms with Gasteiger partial charge in [-0.1, -0.05) is 49.4 Å². The number of nitrogens with one attached hydrogen (secondary N) is 1. The molecule has 3 aromatic rings. The van der Waals surface area contributed by atoms with Gasteiger partial charge in [0.1, 0.15) is 0 Å². The fraction of sp³-hybridized carbons (Fsp3) is 0.158. The lowest BCUT2D eigenvalue weighted by atomic mass is 9.98. The van der Waals surface area contributed by atoms with Crippen LogP contribution in [0.5, 0.6) is 0 Å². The highest BCUT2D eigenvalue weighted by Crippen LogP contribution is 2.32. The molecule has 1 amide bonds. The summed E-state index contributed by atoms with van der Waals surface area (Å²) in [4.78, 5) is 16.0. The minimum atomic E-state index is -4.53. The largest absolute Gasteiger partial charge is 0.434 e. The van der Waals surface area contributed by atoms with Crippen molar-refractivity contribution in [2.75, 3.05) is 5.32 Å². The molecular formula is C19H15F3N2OS. The summed E-state index contributed by atoms with van der Waals surface area (Å²) < 4.78 is 37.9. The van der Waals surface area contributed by atoms with Crippen LogP contribution in [0.2, 0.25) is 0 Å². The third-order valence-corrected chi connectivity index (χ3v) is 4.62. The number of aromatic nitrogens is 1. The van der Waals surface area contributed by atoms with Gasteiger partial charge in [-0.3, -0.25) is 10.1 Å². The Balaban J connectivity index is 1.87. The first-order chi connectivity index (χ1) is 12.4. The molecule has 0 atom stereocenters. The molecule has 0 aliphatic carbocycles. The number of aryl methyl sites for hydroxylation is 1. The predicted molar refractivity (Wildman–Crippen MR) is 96.3 cm³/mol. The Hall–Kier alpha value is -2.67. The van der Waals surface area contributed by atoms with E-state index < -0.39 is 17.8 Å². The van der Waals surface area contributed by atoms with E-state index in [0.717, 1.165) is 28.7 Å². The summed E-state index contributed by atoms with van der Waals surface area (Å²) in [5.74, 6) is -0.497. The maximum absolute atomic E-state index is 12.6. The Bertz CT molecular complexity index is 917. The zero-order valence-electron chi connectivity index (χ0n) is 13.8. The molecule has 134 valence electrons. The summed E-state index contributed by atoms with van der Waals surface area (Å²) in [6.07, 6.45) is -3.62. The van der Waals surface area contributed by atoms with Crippen LogP contribution in [0.1, 0.15) is 28.5 Å². The summed E-state index contributed by atoms with van der Waals surface area (Å²) >= 11 is 0.743. The van der Waals surface area contributed by atoms with Crippen LogP contribution in [0.25, 0.3) is 11.1 Å². The van der Waals surface area contributed by atoms with Gasteiger partial charge in [0.15, 0.2) is 10.8 Å². The van der Waals surface area contributed by atoms with Crippen LogP contribution >= 0.6 is 11.3 Å². The fourth-order valence-corrected chi connectivity index (χ4v) is 3.19. The summed E-state index contributed by atoms with van der Waals surface area (Å²) in [6, 6.07) is 14.8. The van der Waals surface area contributed by atoms with Gasteiger partial charge in [-0.15, -0.1) is 11.3 Å². The molecule has 0 fully saturated rings. The summed E-state index contributed by atoms with van der Waals surface area (Å²) in [7, 11) is 0. The molecule has 3 nitrogen and oxygen atoms in total. The number of anilines is 1. The first-order valence-electron chi connectivity index (χ1n) is 7.91. The van der Waals surface area contributed by atoms with Gasteiger partial charge in [0, 0.05) is 10.9 Å². The zero-order chi connectivity index (χ0) is 18.7. The normalized spacial score (nSPS) is 11.4. The Labute approximate surface area is 152 Å². The summed E-state index contributed by atoms with van der Waals surface area (Å²) in [6.45, 7) is 2.06. The number of carbonyl (C=O) groups excluding carboxylic acids is 1. The van der Waals surface area contributed by atoms with E-state index in [-0.39, 0.29) is 5.13 Å². The Kier molecular flexibility index (Phi) is 5.08. The van der Waals surface area contributed by atoms with E-state index in [9.17, 15) is 18.0 Å². The van der Waals surface area contributed by atoms with Gasteiger partial charge in [0.2, 0.25) is 0 Å². The molecule has 3 rings (SSSR count). The van der Waals surface area contributed by atoms with Crippen LogP contribution < -0.4 is 5.32 Å². The van der Waals surface area contributed by atoms with E-state index in [1.54, 1.807) is 18.2 Å². The molecule has 0 aliphatic heterocycles. The molecule has 2 aromatic carbocycles. The first kappa shape index (κ1) is 18.1. The molecule has 0 saturated carbocycles. The third-order valence-electron chi connectivity index (χ3n) is 3.86. The van der Waals surface area contributed by atoms with Crippen molar-refractivity contribution < 1.29 is 18.0 Å². The molecule has 1 N–H and O–H groups in total. The SMILES string of the molecule is CCc1ccc(-c2ccccc2C(=O)Nc2nc(C(F)(F)F)cs2)cc1. The second-order valence-electron chi connectivity index (χ2n) is 5.59. The van der Waals surface area contributed by atoms with Crippen molar-refractivity contribution in [3.05, 3.63) is 70.7 Å². The first-order valence-corrected chi connectivity index (χ1v) is 8.79. The smallest absolute Gasteiger partial charge is 0.298 e. The van der Waals surface area contributed by atoms with Crippen LogP contribution in [-0.4, -0.2) is 10.9 Å². The van der Waals surface area contributed by atoms with Crippen LogP contribution in [-0.2, 0) is 12.6 Å². The number of alkyl halides is 3. The van der Waals surface area contributed by atoms with E-state index >= 15 is 0 Å². The zero-order valence-corrected chi connectivity index (χ0v) is 14.6. The van der Waals surface area contributed by atoms with Crippen molar-refractivity contribution in [2.24, 2.45) is 0 Å². The molecular weight excluding hydrogens is 361 g/mol. The standard InChI is InChI=1S/C19H15F3N2OS/c1-2-12-7-9-13(10-8-12)14-5-3-4-6-15(14)17(25)24-18-23-16(11-26-18)19(20,21)22/h3-11H,2H2,1H3,(H,23,24,25). The van der Waals surface area contributed by atoms with E-state index in [4.69, 9.17) is 0 Å². The lowest BCUT2D eigenvalue weighted by Gasteiger charge is -2.10. The number of benzene rings is 2. The van der Waals surface area contributed by atoms with E-state index in [1.165, 1.54) is 5.56 Å². The Morgan fingerprint density at radius 1 is 1.12 bits per heavy atom. The minimum Gasteiger partial charge on any atom is -0.298 e. The van der Waals surface area contributed by atoms with E-state index in [1.807, 2.05) is 30.3 Å². The second-order valence-corrected chi connectivity index (χ2v) is 6.44. The minimum absolute atomic E-state index is 0.0848. The van der Waals surface area contributed by atoms with Gasteiger partial charge in [0.25, 0.3) is 5.91 Å². The highest BCUT2D eigenvalue weighted by Gasteiger charge is 2.34. The number of hydrogen-bond donors (Lipinski definition) is 1.